The van der Waals surface area contributed by atoms with Gasteiger partial charge >= 0.3 is 0 Å². The van der Waals surface area contributed by atoms with E-state index in [0.717, 1.165) is 23.5 Å². The standard InChI is InChI=1S/C9H14N2O2S2/c1-10-5-7-6-14-9(11-7)8-3-2-4-15(8,12)13/h6,8,10H,2-5H2,1H3. The number of sulfone groups is 1. The molecule has 4 nitrogen and oxygen atoms in total. The molecular formula is C9H14N2O2S2. The van der Waals surface area contributed by atoms with Crippen LogP contribution in [0.2, 0.25) is 0 Å². The van der Waals surface area contributed by atoms with Gasteiger partial charge in [-0.3, -0.25) is 0 Å². The topological polar surface area (TPSA) is 59.1 Å². The average Bonchev–Trinajstić information content (AvgIpc) is 2.72. The van der Waals surface area contributed by atoms with E-state index >= 15 is 0 Å². The van der Waals surface area contributed by atoms with Gasteiger partial charge in [0, 0.05) is 11.9 Å². The van der Waals surface area contributed by atoms with Crippen LogP contribution in [0.4, 0.5) is 0 Å². The normalized spacial score (nSPS) is 24.5. The molecule has 0 saturated carbocycles. The van der Waals surface area contributed by atoms with Gasteiger partial charge in [-0.15, -0.1) is 11.3 Å². The summed E-state index contributed by atoms with van der Waals surface area (Å²) in [4.78, 5) is 4.35. The third-order valence-electron chi connectivity index (χ3n) is 2.53. The Bertz CT molecular complexity index is 439. The molecule has 1 saturated heterocycles. The first kappa shape index (κ1) is 11.0. The van der Waals surface area contributed by atoms with Crippen molar-refractivity contribution in [3.8, 4) is 0 Å². The highest BCUT2D eigenvalue weighted by atomic mass is 32.2. The largest absolute Gasteiger partial charge is 0.314 e. The average molecular weight is 246 g/mol. The molecule has 1 aromatic heterocycles. The van der Waals surface area contributed by atoms with E-state index in [1.165, 1.54) is 11.3 Å². The summed E-state index contributed by atoms with van der Waals surface area (Å²) in [6, 6.07) is 0. The van der Waals surface area contributed by atoms with Gasteiger partial charge in [-0.2, -0.15) is 0 Å². The van der Waals surface area contributed by atoms with E-state index in [1.54, 1.807) is 0 Å². The van der Waals surface area contributed by atoms with Crippen LogP contribution in [-0.4, -0.2) is 26.2 Å². The van der Waals surface area contributed by atoms with Crippen LogP contribution in [0.1, 0.15) is 28.8 Å². The number of hydrogen-bond donors (Lipinski definition) is 1. The lowest BCUT2D eigenvalue weighted by Gasteiger charge is -2.03. The van der Waals surface area contributed by atoms with Gasteiger partial charge in [0.1, 0.15) is 10.3 Å². The first-order valence-electron chi connectivity index (χ1n) is 4.94. The van der Waals surface area contributed by atoms with Crippen molar-refractivity contribution in [3.63, 3.8) is 0 Å². The van der Waals surface area contributed by atoms with Crippen LogP contribution in [0.25, 0.3) is 0 Å². The molecule has 2 rings (SSSR count). The molecule has 1 aliphatic heterocycles. The van der Waals surface area contributed by atoms with Gasteiger partial charge in [-0.25, -0.2) is 13.4 Å². The van der Waals surface area contributed by atoms with Crippen molar-refractivity contribution in [1.82, 2.24) is 10.3 Å². The summed E-state index contributed by atoms with van der Waals surface area (Å²) in [7, 11) is -1.06. The number of thiazole rings is 1. The fourth-order valence-corrected chi connectivity index (χ4v) is 4.98. The van der Waals surface area contributed by atoms with Crippen LogP contribution in [-0.2, 0) is 16.4 Å². The molecule has 15 heavy (non-hydrogen) atoms. The van der Waals surface area contributed by atoms with E-state index < -0.39 is 9.84 Å². The van der Waals surface area contributed by atoms with Crippen molar-refractivity contribution < 1.29 is 8.42 Å². The zero-order valence-electron chi connectivity index (χ0n) is 8.56. The zero-order valence-corrected chi connectivity index (χ0v) is 10.2. The summed E-state index contributed by atoms with van der Waals surface area (Å²) in [5.74, 6) is 0.318. The second-order valence-corrected chi connectivity index (χ2v) is 6.90. The molecule has 1 N–H and O–H groups in total. The van der Waals surface area contributed by atoms with Crippen LogP contribution in [0, 0.1) is 0 Å². The zero-order chi connectivity index (χ0) is 10.9. The molecule has 0 aliphatic carbocycles. The second kappa shape index (κ2) is 4.19. The van der Waals surface area contributed by atoms with Crippen LogP contribution >= 0.6 is 11.3 Å². The quantitative estimate of drug-likeness (QED) is 0.868. The summed E-state index contributed by atoms with van der Waals surface area (Å²) in [6.45, 7) is 0.698. The number of aromatic nitrogens is 1. The fourth-order valence-electron chi connectivity index (χ4n) is 1.80. The maximum Gasteiger partial charge on any atom is 0.159 e. The SMILES string of the molecule is CNCc1csc(C2CCCS2(=O)=O)n1. The first-order chi connectivity index (χ1) is 7.13. The van der Waals surface area contributed by atoms with Gasteiger partial charge in [-0.1, -0.05) is 0 Å². The Morgan fingerprint density at radius 2 is 2.47 bits per heavy atom. The van der Waals surface area contributed by atoms with Crippen molar-refractivity contribution in [2.75, 3.05) is 12.8 Å². The molecule has 84 valence electrons. The van der Waals surface area contributed by atoms with Gasteiger partial charge in [0.2, 0.25) is 0 Å². The molecule has 1 aromatic rings. The highest BCUT2D eigenvalue weighted by Crippen LogP contribution is 2.35. The number of nitrogens with zero attached hydrogens (tertiary/aromatic N) is 1. The summed E-state index contributed by atoms with van der Waals surface area (Å²) < 4.78 is 23.4. The number of nitrogens with one attached hydrogen (secondary N) is 1. The lowest BCUT2D eigenvalue weighted by atomic mass is 10.3. The van der Waals surface area contributed by atoms with Crippen molar-refractivity contribution >= 4 is 21.2 Å². The second-order valence-electron chi connectivity index (χ2n) is 3.71. The molecule has 2 heterocycles. The van der Waals surface area contributed by atoms with Gasteiger partial charge < -0.3 is 5.32 Å². The van der Waals surface area contributed by atoms with E-state index in [4.69, 9.17) is 0 Å². The maximum atomic E-state index is 11.7. The van der Waals surface area contributed by atoms with Crippen molar-refractivity contribution in [1.29, 1.82) is 0 Å². The van der Waals surface area contributed by atoms with Crippen LogP contribution in [0.3, 0.4) is 0 Å². The molecule has 6 heteroatoms. The summed E-state index contributed by atoms with van der Waals surface area (Å²) in [6.07, 6.45) is 1.50. The summed E-state index contributed by atoms with van der Waals surface area (Å²) in [5.41, 5.74) is 0.930. The van der Waals surface area contributed by atoms with Gasteiger partial charge in [0.15, 0.2) is 9.84 Å². The van der Waals surface area contributed by atoms with E-state index in [-0.39, 0.29) is 5.25 Å². The summed E-state index contributed by atoms with van der Waals surface area (Å²) in [5, 5.41) is 5.36. The minimum Gasteiger partial charge on any atom is -0.314 e. The third-order valence-corrected chi connectivity index (χ3v) is 5.87. The lowest BCUT2D eigenvalue weighted by Crippen LogP contribution is -2.09. The van der Waals surface area contributed by atoms with Crippen molar-refractivity contribution in [2.24, 2.45) is 0 Å². The third kappa shape index (κ3) is 2.21. The number of rotatable bonds is 3. The Morgan fingerprint density at radius 3 is 3.07 bits per heavy atom. The predicted molar refractivity (Wildman–Crippen MR) is 60.6 cm³/mol. The fraction of sp³-hybridized carbons (Fsp3) is 0.667. The van der Waals surface area contributed by atoms with Gasteiger partial charge in [0.05, 0.1) is 11.4 Å². The van der Waals surface area contributed by atoms with E-state index in [2.05, 4.69) is 10.3 Å². The van der Waals surface area contributed by atoms with Crippen LogP contribution in [0.15, 0.2) is 5.38 Å². The highest BCUT2D eigenvalue weighted by Gasteiger charge is 2.34. The molecule has 0 bridgehead atoms. The Labute approximate surface area is 93.7 Å². The molecule has 1 unspecified atom stereocenters. The molecule has 1 fully saturated rings. The Kier molecular flexibility index (Phi) is 3.08. The predicted octanol–water partition coefficient (Wildman–Crippen LogP) is 1.11. The maximum absolute atomic E-state index is 11.7. The van der Waals surface area contributed by atoms with E-state index in [9.17, 15) is 8.42 Å². The number of hydrogen-bond acceptors (Lipinski definition) is 5. The molecular weight excluding hydrogens is 232 g/mol. The molecule has 0 amide bonds. The molecule has 1 atom stereocenters. The Balaban J connectivity index is 2.22. The van der Waals surface area contributed by atoms with Crippen molar-refractivity contribution in [3.05, 3.63) is 16.1 Å². The smallest absolute Gasteiger partial charge is 0.159 e. The van der Waals surface area contributed by atoms with Crippen molar-refractivity contribution in [2.45, 2.75) is 24.6 Å². The minimum absolute atomic E-state index is 0.318. The summed E-state index contributed by atoms with van der Waals surface area (Å²) >= 11 is 1.46. The van der Waals surface area contributed by atoms with Gasteiger partial charge in [0.25, 0.3) is 0 Å². The van der Waals surface area contributed by atoms with Gasteiger partial charge in [-0.05, 0) is 19.9 Å². The molecule has 0 radical (unpaired) electrons. The monoisotopic (exact) mass is 246 g/mol. The highest BCUT2D eigenvalue weighted by molar-refractivity contribution is 7.92. The first-order valence-corrected chi connectivity index (χ1v) is 7.53. The minimum atomic E-state index is -2.91. The Morgan fingerprint density at radius 1 is 1.67 bits per heavy atom. The lowest BCUT2D eigenvalue weighted by molar-refractivity contribution is 0.591. The van der Waals surface area contributed by atoms with E-state index in [1.807, 2.05) is 12.4 Å². The molecule has 0 spiro atoms. The Hall–Kier alpha value is -0.460. The van der Waals surface area contributed by atoms with Crippen LogP contribution in [0.5, 0.6) is 0 Å². The molecule has 0 aromatic carbocycles. The molecule has 1 aliphatic rings. The van der Waals surface area contributed by atoms with Crippen LogP contribution < -0.4 is 5.32 Å². The van der Waals surface area contributed by atoms with E-state index in [0.29, 0.717) is 12.3 Å².